The number of rotatable bonds is 6. The molecule has 2 heteroatoms. The first-order chi connectivity index (χ1) is 25.4. The molecule has 0 N–H and O–H groups in total. The first-order valence-electron chi connectivity index (χ1n) is 18.0. The van der Waals surface area contributed by atoms with Gasteiger partial charge in [0.15, 0.2) is 0 Å². The van der Waals surface area contributed by atoms with E-state index in [1.807, 2.05) is 6.07 Å². The number of fused-ring (bicyclic) bond motifs is 4. The van der Waals surface area contributed by atoms with Crippen LogP contribution in [0, 0.1) is 0 Å². The monoisotopic (exact) mass is 669 g/mol. The highest BCUT2D eigenvalue weighted by molar-refractivity contribution is 6.15. The van der Waals surface area contributed by atoms with Crippen LogP contribution in [0.3, 0.4) is 0 Å². The Morgan fingerprint density at radius 1 is 0.423 bits per heavy atom. The molecule has 0 atom stereocenters. The minimum absolute atomic E-state index is 0.120. The van der Waals surface area contributed by atoms with E-state index in [-0.39, 0.29) is 5.41 Å². The number of hydrogen-bond donors (Lipinski definition) is 0. The van der Waals surface area contributed by atoms with Gasteiger partial charge in [0.2, 0.25) is 0 Å². The van der Waals surface area contributed by atoms with Crippen molar-refractivity contribution in [1.29, 1.82) is 0 Å². The van der Waals surface area contributed by atoms with Crippen molar-refractivity contribution in [3.8, 4) is 33.6 Å². The number of anilines is 3. The highest BCUT2D eigenvalue weighted by Crippen LogP contribution is 2.47. The fourth-order valence-electron chi connectivity index (χ4n) is 7.79. The summed E-state index contributed by atoms with van der Waals surface area (Å²) in [5, 5.41) is 6.04. The van der Waals surface area contributed by atoms with Gasteiger partial charge >= 0.3 is 0 Å². The van der Waals surface area contributed by atoms with Crippen LogP contribution in [-0.2, 0) is 5.41 Å². The van der Waals surface area contributed by atoms with E-state index in [9.17, 15) is 0 Å². The van der Waals surface area contributed by atoms with E-state index in [1.54, 1.807) is 0 Å². The molecule has 0 aliphatic carbocycles. The molecule has 2 nitrogen and oxygen atoms in total. The Morgan fingerprint density at radius 2 is 1.02 bits per heavy atom. The van der Waals surface area contributed by atoms with Crippen molar-refractivity contribution in [3.05, 3.63) is 188 Å². The van der Waals surface area contributed by atoms with Crippen LogP contribution < -0.4 is 4.90 Å². The van der Waals surface area contributed by atoms with E-state index in [2.05, 4.69) is 202 Å². The fourth-order valence-corrected chi connectivity index (χ4v) is 7.79. The minimum Gasteiger partial charge on any atom is -0.456 e. The average Bonchev–Trinajstić information content (AvgIpc) is 3.60. The van der Waals surface area contributed by atoms with Gasteiger partial charge in [-0.05, 0) is 68.6 Å². The molecule has 8 aromatic carbocycles. The lowest BCUT2D eigenvalue weighted by Gasteiger charge is -2.30. The second-order valence-electron chi connectivity index (χ2n) is 14.6. The maximum atomic E-state index is 6.71. The highest BCUT2D eigenvalue weighted by atomic mass is 16.3. The summed E-state index contributed by atoms with van der Waals surface area (Å²) in [4.78, 5) is 2.44. The lowest BCUT2D eigenvalue weighted by atomic mass is 9.83. The third-order valence-corrected chi connectivity index (χ3v) is 10.1. The molecule has 0 saturated heterocycles. The van der Waals surface area contributed by atoms with Crippen molar-refractivity contribution >= 4 is 49.6 Å². The third-order valence-electron chi connectivity index (χ3n) is 10.1. The second kappa shape index (κ2) is 12.7. The van der Waals surface area contributed by atoms with Gasteiger partial charge in [0.25, 0.3) is 0 Å². The van der Waals surface area contributed by atoms with Gasteiger partial charge in [-0.2, -0.15) is 0 Å². The van der Waals surface area contributed by atoms with E-state index in [4.69, 9.17) is 4.42 Å². The zero-order valence-corrected chi connectivity index (χ0v) is 29.7. The second-order valence-corrected chi connectivity index (χ2v) is 14.6. The largest absolute Gasteiger partial charge is 0.456 e. The first-order valence-corrected chi connectivity index (χ1v) is 18.0. The normalized spacial score (nSPS) is 11.8. The van der Waals surface area contributed by atoms with E-state index in [0.717, 1.165) is 50.5 Å². The maximum Gasteiger partial charge on any atom is 0.139 e. The molecule has 1 heterocycles. The molecule has 0 aliphatic rings. The summed E-state index contributed by atoms with van der Waals surface area (Å²) in [5.41, 5.74) is 11.1. The molecule has 9 aromatic rings. The van der Waals surface area contributed by atoms with Crippen LogP contribution in [0.15, 0.2) is 186 Å². The molecule has 0 unspecified atom stereocenters. The summed E-state index contributed by atoms with van der Waals surface area (Å²) in [6.07, 6.45) is 0. The summed E-state index contributed by atoms with van der Waals surface area (Å²) in [6.45, 7) is 6.80. The van der Waals surface area contributed by atoms with Gasteiger partial charge < -0.3 is 9.32 Å². The van der Waals surface area contributed by atoms with Crippen molar-refractivity contribution < 1.29 is 4.42 Å². The van der Waals surface area contributed by atoms with Crippen LogP contribution in [0.4, 0.5) is 17.1 Å². The van der Waals surface area contributed by atoms with E-state index >= 15 is 0 Å². The van der Waals surface area contributed by atoms with Gasteiger partial charge in [0.05, 0.1) is 11.4 Å². The van der Waals surface area contributed by atoms with Crippen molar-refractivity contribution in [2.75, 3.05) is 4.90 Å². The summed E-state index contributed by atoms with van der Waals surface area (Å²) in [7, 11) is 0. The molecule has 250 valence electrons. The van der Waals surface area contributed by atoms with Crippen molar-refractivity contribution in [1.82, 2.24) is 0 Å². The van der Waals surface area contributed by atoms with Crippen LogP contribution >= 0.6 is 0 Å². The number of benzene rings is 8. The molecule has 0 amide bonds. The van der Waals surface area contributed by atoms with Gasteiger partial charge in [-0.1, -0.05) is 172 Å². The smallest absolute Gasteiger partial charge is 0.139 e. The van der Waals surface area contributed by atoms with Gasteiger partial charge in [0.1, 0.15) is 11.3 Å². The standard InChI is InChI=1S/C50H39NO/c1-50(2,3)48-44-25-12-14-27-47(44)52-49(48)38-19-15-20-39(32-38)51(46-33-37-18-7-8-21-40(37)42-23-9-10-24-43(42)46)45-26-13-11-22-41(45)36-30-28-35(29-31-36)34-16-5-4-6-17-34/h4-33H,1-3H3. The molecule has 52 heavy (non-hydrogen) atoms. The lowest BCUT2D eigenvalue weighted by molar-refractivity contribution is 0.568. The van der Waals surface area contributed by atoms with Crippen LogP contribution in [0.5, 0.6) is 0 Å². The average molecular weight is 670 g/mol. The number of para-hydroxylation sites is 2. The lowest BCUT2D eigenvalue weighted by Crippen LogP contribution is -2.13. The van der Waals surface area contributed by atoms with Crippen LogP contribution in [-0.4, -0.2) is 0 Å². The Kier molecular flexibility index (Phi) is 7.74. The predicted octanol–water partition coefficient (Wildman–Crippen LogP) is 14.5. The summed E-state index contributed by atoms with van der Waals surface area (Å²) in [6, 6.07) is 65.4. The molecule has 0 saturated carbocycles. The summed E-state index contributed by atoms with van der Waals surface area (Å²) < 4.78 is 6.71. The molecule has 9 rings (SSSR count). The van der Waals surface area contributed by atoms with Gasteiger partial charge in [-0.25, -0.2) is 0 Å². The maximum absolute atomic E-state index is 6.71. The predicted molar refractivity (Wildman–Crippen MR) is 221 cm³/mol. The molecular formula is C50H39NO. The van der Waals surface area contributed by atoms with Crippen LogP contribution in [0.25, 0.3) is 66.1 Å². The van der Waals surface area contributed by atoms with Gasteiger partial charge in [-0.15, -0.1) is 0 Å². The van der Waals surface area contributed by atoms with Crippen molar-refractivity contribution in [2.45, 2.75) is 26.2 Å². The summed E-state index contributed by atoms with van der Waals surface area (Å²) in [5.74, 6) is 0.920. The van der Waals surface area contributed by atoms with Crippen LogP contribution in [0.1, 0.15) is 26.3 Å². The number of nitrogens with zero attached hydrogens (tertiary/aromatic N) is 1. The van der Waals surface area contributed by atoms with Crippen molar-refractivity contribution in [2.24, 2.45) is 0 Å². The number of furan rings is 1. The molecular weight excluding hydrogens is 631 g/mol. The molecule has 0 aliphatic heterocycles. The molecule has 0 fully saturated rings. The molecule has 1 aromatic heterocycles. The molecule has 0 bridgehead atoms. The third kappa shape index (κ3) is 5.54. The Morgan fingerprint density at radius 3 is 1.81 bits per heavy atom. The van der Waals surface area contributed by atoms with Crippen molar-refractivity contribution in [3.63, 3.8) is 0 Å². The highest BCUT2D eigenvalue weighted by Gasteiger charge is 2.27. The molecule has 0 spiro atoms. The van der Waals surface area contributed by atoms with E-state index < -0.39 is 0 Å². The zero-order chi connectivity index (χ0) is 35.2. The zero-order valence-electron chi connectivity index (χ0n) is 29.7. The Balaban J connectivity index is 1.29. The Labute approximate surface area is 305 Å². The van der Waals surface area contributed by atoms with Gasteiger partial charge in [0, 0.05) is 33.2 Å². The Hall–Kier alpha value is -6.38. The molecule has 0 radical (unpaired) electrons. The van der Waals surface area contributed by atoms with Crippen LogP contribution in [0.2, 0.25) is 0 Å². The quantitative estimate of drug-likeness (QED) is 0.164. The van der Waals surface area contributed by atoms with E-state index in [0.29, 0.717) is 0 Å². The SMILES string of the molecule is CC(C)(C)c1c(-c2cccc(N(c3ccccc3-c3ccc(-c4ccccc4)cc3)c3cc4ccccc4c4ccccc34)c2)oc2ccccc12. The number of hydrogen-bond acceptors (Lipinski definition) is 2. The van der Waals surface area contributed by atoms with Gasteiger partial charge in [-0.3, -0.25) is 0 Å². The van der Waals surface area contributed by atoms with E-state index in [1.165, 1.54) is 38.2 Å². The fraction of sp³-hybridized carbons (Fsp3) is 0.0800. The first kappa shape index (κ1) is 31.6. The Bertz CT molecular complexity index is 2710. The summed E-state index contributed by atoms with van der Waals surface area (Å²) >= 11 is 0. The topological polar surface area (TPSA) is 16.4 Å². The minimum atomic E-state index is -0.120.